The van der Waals surface area contributed by atoms with Crippen molar-refractivity contribution >= 4 is 92.9 Å². The largest absolute Gasteiger partial charge is 0.455 e. The fraction of sp³-hybridized carbons (Fsp3) is 0. The summed E-state index contributed by atoms with van der Waals surface area (Å²) in [6.45, 7) is 0. The molecule has 0 unspecified atom stereocenters. The summed E-state index contributed by atoms with van der Waals surface area (Å²) >= 11 is 0. The Balaban J connectivity index is 0.981. The van der Waals surface area contributed by atoms with Gasteiger partial charge in [-0.25, -0.2) is 0 Å². The van der Waals surface area contributed by atoms with Gasteiger partial charge in [0.05, 0.1) is 5.69 Å². The van der Waals surface area contributed by atoms with Gasteiger partial charge in [0.2, 0.25) is 0 Å². The van der Waals surface area contributed by atoms with E-state index in [1.54, 1.807) is 0 Å². The van der Waals surface area contributed by atoms with E-state index in [4.69, 9.17) is 4.42 Å². The van der Waals surface area contributed by atoms with Crippen LogP contribution < -0.4 is 4.90 Å². The van der Waals surface area contributed by atoms with Gasteiger partial charge in [0, 0.05) is 33.3 Å². The minimum absolute atomic E-state index is 0.887. The van der Waals surface area contributed by atoms with E-state index >= 15 is 0 Å². The van der Waals surface area contributed by atoms with Gasteiger partial charge in [0.25, 0.3) is 0 Å². The van der Waals surface area contributed by atoms with Crippen molar-refractivity contribution in [3.05, 3.63) is 237 Å². The maximum absolute atomic E-state index is 6.83. The molecule has 0 aliphatic carbocycles. The predicted octanol–water partition coefficient (Wildman–Crippen LogP) is 17.8. The molecule has 0 aliphatic heterocycles. The first-order chi connectivity index (χ1) is 31.7. The number of fused-ring (bicyclic) bond motifs is 10. The highest BCUT2D eigenvalue weighted by Gasteiger charge is 2.21. The number of nitrogens with zero attached hydrogens (tertiary/aromatic N) is 1. The summed E-state index contributed by atoms with van der Waals surface area (Å²) in [5.41, 5.74) is 11.9. The SMILES string of the molecule is c1ccc(N(c2ccc(-c3cccc4c3ccc3ccccc34)cc2)c2ccc(-c3cc4ccccc4c4ccccc34)cc2)c(-c2cccc3c2oc2cc4ccccc4cc23)c1. The number of benzene rings is 12. The standard InChI is InChI=1S/C62H39NO/c1-2-15-44-39-61-59(37-43(44)14-1)57-25-12-24-56(62(57)64-61)55-21-9-10-26-60(55)63(46-32-27-41(28-33-46)49-22-11-23-52-48-17-5-3-13-40(48)31-36-54(49)52)47-34-29-42(30-35-47)58-38-45-16-4-6-18-50(45)51-19-7-8-20-53(51)58/h1-39H. The lowest BCUT2D eigenvalue weighted by Gasteiger charge is -2.28. The molecule has 0 saturated heterocycles. The second-order valence-corrected chi connectivity index (χ2v) is 16.8. The molecule has 64 heavy (non-hydrogen) atoms. The summed E-state index contributed by atoms with van der Waals surface area (Å²) in [6.07, 6.45) is 0. The van der Waals surface area contributed by atoms with E-state index in [0.717, 1.165) is 50.1 Å². The van der Waals surface area contributed by atoms with Crippen molar-refractivity contribution in [3.63, 3.8) is 0 Å². The van der Waals surface area contributed by atoms with Gasteiger partial charge in [-0.2, -0.15) is 0 Å². The Bertz CT molecular complexity index is 3950. The first-order valence-electron chi connectivity index (χ1n) is 22.0. The van der Waals surface area contributed by atoms with Crippen molar-refractivity contribution in [3.8, 4) is 33.4 Å². The highest BCUT2D eigenvalue weighted by atomic mass is 16.3. The average molecular weight is 814 g/mol. The van der Waals surface area contributed by atoms with Crippen molar-refractivity contribution in [2.45, 2.75) is 0 Å². The lowest BCUT2D eigenvalue weighted by molar-refractivity contribution is 0.670. The molecule has 1 aromatic heterocycles. The van der Waals surface area contributed by atoms with Crippen LogP contribution in [0.15, 0.2) is 241 Å². The van der Waals surface area contributed by atoms with E-state index in [1.807, 2.05) is 0 Å². The van der Waals surface area contributed by atoms with E-state index < -0.39 is 0 Å². The molecular formula is C62H39NO. The molecule has 0 fully saturated rings. The van der Waals surface area contributed by atoms with Gasteiger partial charge >= 0.3 is 0 Å². The number of anilines is 3. The fourth-order valence-electron chi connectivity index (χ4n) is 10.2. The number of hydrogen-bond donors (Lipinski definition) is 0. The Kier molecular flexibility index (Phi) is 8.25. The van der Waals surface area contributed by atoms with Crippen LogP contribution in [0.3, 0.4) is 0 Å². The van der Waals surface area contributed by atoms with Crippen LogP contribution in [-0.4, -0.2) is 0 Å². The molecule has 0 amide bonds. The van der Waals surface area contributed by atoms with Gasteiger partial charge in [-0.1, -0.05) is 188 Å². The molecule has 2 nitrogen and oxygen atoms in total. The second-order valence-electron chi connectivity index (χ2n) is 16.8. The van der Waals surface area contributed by atoms with E-state index in [2.05, 4.69) is 241 Å². The van der Waals surface area contributed by atoms with Crippen LogP contribution in [0, 0.1) is 0 Å². The maximum atomic E-state index is 6.83. The van der Waals surface area contributed by atoms with E-state index in [0.29, 0.717) is 0 Å². The van der Waals surface area contributed by atoms with E-state index in [1.165, 1.54) is 76.1 Å². The maximum Gasteiger partial charge on any atom is 0.143 e. The quantitative estimate of drug-likeness (QED) is 0.156. The molecule has 1 heterocycles. The molecular weight excluding hydrogens is 775 g/mol. The van der Waals surface area contributed by atoms with Crippen LogP contribution >= 0.6 is 0 Å². The lowest BCUT2D eigenvalue weighted by atomic mass is 9.93. The monoisotopic (exact) mass is 813 g/mol. The highest BCUT2D eigenvalue weighted by Crippen LogP contribution is 2.46. The lowest BCUT2D eigenvalue weighted by Crippen LogP contribution is -2.11. The Morgan fingerprint density at radius 3 is 1.50 bits per heavy atom. The van der Waals surface area contributed by atoms with Crippen LogP contribution in [0.1, 0.15) is 0 Å². The second kappa shape index (κ2) is 14.6. The van der Waals surface area contributed by atoms with Gasteiger partial charge < -0.3 is 9.32 Å². The molecule has 0 aliphatic rings. The van der Waals surface area contributed by atoms with Crippen LogP contribution in [0.5, 0.6) is 0 Å². The topological polar surface area (TPSA) is 16.4 Å². The van der Waals surface area contributed by atoms with Crippen LogP contribution in [0.25, 0.3) is 109 Å². The molecule has 298 valence electrons. The molecule has 0 N–H and O–H groups in total. The third-order valence-electron chi connectivity index (χ3n) is 13.2. The summed E-state index contributed by atoms with van der Waals surface area (Å²) in [7, 11) is 0. The first kappa shape index (κ1) is 36.2. The summed E-state index contributed by atoms with van der Waals surface area (Å²) in [5, 5.41) is 14.7. The molecule has 0 spiro atoms. The van der Waals surface area contributed by atoms with Crippen molar-refractivity contribution < 1.29 is 4.42 Å². The summed E-state index contributed by atoms with van der Waals surface area (Å²) in [5.74, 6) is 0. The van der Waals surface area contributed by atoms with E-state index in [9.17, 15) is 0 Å². The summed E-state index contributed by atoms with van der Waals surface area (Å²) < 4.78 is 6.83. The van der Waals surface area contributed by atoms with Gasteiger partial charge in [0.1, 0.15) is 11.2 Å². The average Bonchev–Trinajstić information content (AvgIpc) is 3.73. The molecule has 0 saturated carbocycles. The first-order valence-corrected chi connectivity index (χ1v) is 22.0. The molecule has 13 aromatic rings. The Hall–Kier alpha value is -8.46. The molecule has 13 rings (SSSR count). The summed E-state index contributed by atoms with van der Waals surface area (Å²) in [6, 6.07) is 86.0. The Morgan fingerprint density at radius 2 is 0.766 bits per heavy atom. The number of para-hydroxylation sites is 2. The third-order valence-corrected chi connectivity index (χ3v) is 13.2. The fourth-order valence-corrected chi connectivity index (χ4v) is 10.2. The molecule has 12 aromatic carbocycles. The number of rotatable bonds is 6. The minimum Gasteiger partial charge on any atom is -0.455 e. The minimum atomic E-state index is 0.887. The number of hydrogen-bond acceptors (Lipinski definition) is 2. The van der Waals surface area contributed by atoms with Gasteiger partial charge in [-0.3, -0.25) is 0 Å². The van der Waals surface area contributed by atoms with Crippen molar-refractivity contribution in [1.29, 1.82) is 0 Å². The van der Waals surface area contributed by atoms with E-state index in [-0.39, 0.29) is 0 Å². The van der Waals surface area contributed by atoms with Crippen LogP contribution in [-0.2, 0) is 0 Å². The van der Waals surface area contributed by atoms with Crippen molar-refractivity contribution in [1.82, 2.24) is 0 Å². The van der Waals surface area contributed by atoms with Gasteiger partial charge in [0.15, 0.2) is 0 Å². The van der Waals surface area contributed by atoms with Crippen molar-refractivity contribution in [2.24, 2.45) is 0 Å². The summed E-state index contributed by atoms with van der Waals surface area (Å²) in [4.78, 5) is 2.40. The Labute approximate surface area is 370 Å². The normalized spacial score (nSPS) is 11.8. The van der Waals surface area contributed by atoms with Crippen molar-refractivity contribution in [2.75, 3.05) is 4.90 Å². The third kappa shape index (κ3) is 5.81. The predicted molar refractivity (Wildman–Crippen MR) is 272 cm³/mol. The van der Waals surface area contributed by atoms with Gasteiger partial charge in [-0.05, 0) is 125 Å². The Morgan fingerprint density at radius 1 is 0.266 bits per heavy atom. The highest BCUT2D eigenvalue weighted by molar-refractivity contribution is 6.16. The molecule has 0 atom stereocenters. The van der Waals surface area contributed by atoms with Gasteiger partial charge in [-0.15, -0.1) is 0 Å². The smallest absolute Gasteiger partial charge is 0.143 e. The molecule has 0 radical (unpaired) electrons. The number of furan rings is 1. The molecule has 2 heteroatoms. The molecule has 0 bridgehead atoms. The zero-order valence-electron chi connectivity index (χ0n) is 34.9. The zero-order valence-corrected chi connectivity index (χ0v) is 34.9. The zero-order chi connectivity index (χ0) is 42.1. The van der Waals surface area contributed by atoms with Crippen LogP contribution in [0.4, 0.5) is 17.1 Å². The van der Waals surface area contributed by atoms with Crippen LogP contribution in [0.2, 0.25) is 0 Å².